The molecule has 0 spiro atoms. The summed E-state index contributed by atoms with van der Waals surface area (Å²) in [6.45, 7) is 4.36. The van der Waals surface area contributed by atoms with Crippen molar-refractivity contribution in [1.29, 1.82) is 0 Å². The summed E-state index contributed by atoms with van der Waals surface area (Å²) in [5.41, 5.74) is 4.30. The van der Waals surface area contributed by atoms with E-state index in [4.69, 9.17) is 17.0 Å². The molecule has 3 rings (SSSR count). The number of ether oxygens (including phenoxy) is 1. The maximum atomic E-state index is 13.4. The Balaban J connectivity index is 1.71. The van der Waals surface area contributed by atoms with Crippen LogP contribution in [0.5, 0.6) is 5.75 Å². The molecule has 5 nitrogen and oxygen atoms in total. The van der Waals surface area contributed by atoms with Crippen molar-refractivity contribution in [3.8, 4) is 5.75 Å². The van der Waals surface area contributed by atoms with Gasteiger partial charge in [0.2, 0.25) is 0 Å². The molecule has 140 valence electrons. The van der Waals surface area contributed by atoms with E-state index in [-0.39, 0.29) is 5.82 Å². The van der Waals surface area contributed by atoms with Gasteiger partial charge in [-0.1, -0.05) is 12.1 Å². The highest BCUT2D eigenvalue weighted by Gasteiger charge is 2.13. The van der Waals surface area contributed by atoms with Crippen LogP contribution >= 0.6 is 12.2 Å². The fourth-order valence-electron chi connectivity index (χ4n) is 2.79. The van der Waals surface area contributed by atoms with E-state index in [9.17, 15) is 4.39 Å². The molecule has 0 atom stereocenters. The summed E-state index contributed by atoms with van der Waals surface area (Å²) >= 11 is 5.41. The Kier molecular flexibility index (Phi) is 5.71. The molecule has 0 aliphatic heterocycles. The molecule has 2 aromatic carbocycles. The number of rotatable bonds is 5. The summed E-state index contributed by atoms with van der Waals surface area (Å²) in [6.07, 6.45) is 0. The number of aromatic nitrogens is 2. The van der Waals surface area contributed by atoms with Crippen molar-refractivity contribution in [3.05, 3.63) is 71.3 Å². The van der Waals surface area contributed by atoms with Gasteiger partial charge in [0.15, 0.2) is 5.11 Å². The van der Waals surface area contributed by atoms with Gasteiger partial charge in [0, 0.05) is 5.69 Å². The first-order chi connectivity index (χ1) is 13.0. The van der Waals surface area contributed by atoms with Crippen molar-refractivity contribution < 1.29 is 9.13 Å². The molecule has 1 aromatic heterocycles. The SMILES string of the molecule is COc1ccc(NC(=S)Nc2c(C)nn(Cc3cccc(F)c3)c2C)cc1. The Morgan fingerprint density at radius 2 is 1.89 bits per heavy atom. The molecule has 3 aromatic rings. The highest BCUT2D eigenvalue weighted by molar-refractivity contribution is 7.80. The van der Waals surface area contributed by atoms with Gasteiger partial charge in [0.25, 0.3) is 0 Å². The van der Waals surface area contributed by atoms with E-state index >= 15 is 0 Å². The summed E-state index contributed by atoms with van der Waals surface area (Å²) in [4.78, 5) is 0. The smallest absolute Gasteiger partial charge is 0.175 e. The van der Waals surface area contributed by atoms with Crippen LogP contribution in [0.15, 0.2) is 48.5 Å². The molecule has 0 radical (unpaired) electrons. The van der Waals surface area contributed by atoms with Crippen molar-refractivity contribution in [2.45, 2.75) is 20.4 Å². The second-order valence-electron chi connectivity index (χ2n) is 6.14. The molecule has 2 N–H and O–H groups in total. The van der Waals surface area contributed by atoms with Gasteiger partial charge >= 0.3 is 0 Å². The van der Waals surface area contributed by atoms with Crippen LogP contribution < -0.4 is 15.4 Å². The van der Waals surface area contributed by atoms with Crippen molar-refractivity contribution in [2.24, 2.45) is 0 Å². The zero-order chi connectivity index (χ0) is 19.4. The Hall–Kier alpha value is -2.93. The molecule has 0 aliphatic rings. The van der Waals surface area contributed by atoms with Crippen molar-refractivity contribution >= 4 is 28.7 Å². The molecule has 1 heterocycles. The van der Waals surface area contributed by atoms with E-state index in [1.807, 2.05) is 48.9 Å². The third-order valence-corrected chi connectivity index (χ3v) is 4.39. The number of anilines is 2. The summed E-state index contributed by atoms with van der Waals surface area (Å²) < 4.78 is 20.4. The summed E-state index contributed by atoms with van der Waals surface area (Å²) in [7, 11) is 1.63. The summed E-state index contributed by atoms with van der Waals surface area (Å²) in [6, 6.07) is 14.0. The lowest BCUT2D eigenvalue weighted by Gasteiger charge is -2.12. The third-order valence-electron chi connectivity index (χ3n) is 4.19. The lowest BCUT2D eigenvalue weighted by Crippen LogP contribution is -2.20. The molecule has 0 fully saturated rings. The van der Waals surface area contributed by atoms with Crippen LogP contribution in [0.3, 0.4) is 0 Å². The monoisotopic (exact) mass is 384 g/mol. The second kappa shape index (κ2) is 8.18. The Labute approximate surface area is 163 Å². The molecular formula is C20H21FN4OS. The Morgan fingerprint density at radius 1 is 1.15 bits per heavy atom. The van der Waals surface area contributed by atoms with E-state index < -0.39 is 0 Å². The minimum Gasteiger partial charge on any atom is -0.497 e. The van der Waals surface area contributed by atoms with Crippen LogP contribution in [0.25, 0.3) is 0 Å². The fraction of sp³-hybridized carbons (Fsp3) is 0.200. The quantitative estimate of drug-likeness (QED) is 0.634. The average molecular weight is 384 g/mol. The molecule has 0 saturated heterocycles. The molecule has 27 heavy (non-hydrogen) atoms. The highest BCUT2D eigenvalue weighted by Crippen LogP contribution is 2.21. The number of hydrogen-bond acceptors (Lipinski definition) is 3. The maximum absolute atomic E-state index is 13.4. The largest absolute Gasteiger partial charge is 0.497 e. The van der Waals surface area contributed by atoms with Gasteiger partial charge in [-0.3, -0.25) is 4.68 Å². The van der Waals surface area contributed by atoms with Gasteiger partial charge in [-0.15, -0.1) is 0 Å². The van der Waals surface area contributed by atoms with Gasteiger partial charge in [0.05, 0.1) is 30.7 Å². The molecule has 0 aliphatic carbocycles. The van der Waals surface area contributed by atoms with Crippen LogP contribution in [-0.2, 0) is 6.54 Å². The summed E-state index contributed by atoms with van der Waals surface area (Å²) in [5.74, 6) is 0.530. The Bertz CT molecular complexity index is 953. The second-order valence-corrected chi connectivity index (χ2v) is 6.55. The summed E-state index contributed by atoms with van der Waals surface area (Å²) in [5, 5.41) is 11.4. The highest BCUT2D eigenvalue weighted by atomic mass is 32.1. The number of hydrogen-bond donors (Lipinski definition) is 2. The van der Waals surface area contributed by atoms with Gasteiger partial charge in [0.1, 0.15) is 11.6 Å². The topological polar surface area (TPSA) is 51.1 Å². The first-order valence-corrected chi connectivity index (χ1v) is 8.87. The number of benzene rings is 2. The average Bonchev–Trinajstić information content (AvgIpc) is 2.90. The molecule has 7 heteroatoms. The van der Waals surface area contributed by atoms with Gasteiger partial charge in [-0.2, -0.15) is 5.10 Å². The third kappa shape index (κ3) is 4.62. The molecule has 0 bridgehead atoms. The van der Waals surface area contributed by atoms with Crippen molar-refractivity contribution in [3.63, 3.8) is 0 Å². The van der Waals surface area contributed by atoms with E-state index in [0.29, 0.717) is 11.7 Å². The molecular weight excluding hydrogens is 363 g/mol. The van der Waals surface area contributed by atoms with Crippen LogP contribution in [0.2, 0.25) is 0 Å². The van der Waals surface area contributed by atoms with E-state index in [0.717, 1.165) is 34.1 Å². The maximum Gasteiger partial charge on any atom is 0.175 e. The number of halogens is 1. The molecule has 0 unspecified atom stereocenters. The van der Waals surface area contributed by atoms with Crippen LogP contribution in [0, 0.1) is 19.7 Å². The number of nitrogens with one attached hydrogen (secondary N) is 2. The minimum absolute atomic E-state index is 0.253. The van der Waals surface area contributed by atoms with E-state index in [1.165, 1.54) is 12.1 Å². The first kappa shape index (κ1) is 18.8. The van der Waals surface area contributed by atoms with E-state index in [1.54, 1.807) is 13.2 Å². The number of methoxy groups -OCH3 is 1. The number of nitrogens with zero attached hydrogens (tertiary/aromatic N) is 2. The lowest BCUT2D eigenvalue weighted by molar-refractivity contribution is 0.415. The minimum atomic E-state index is -0.253. The zero-order valence-electron chi connectivity index (χ0n) is 15.4. The number of aryl methyl sites for hydroxylation is 1. The van der Waals surface area contributed by atoms with Gasteiger partial charge < -0.3 is 15.4 Å². The van der Waals surface area contributed by atoms with Gasteiger partial charge in [-0.25, -0.2) is 4.39 Å². The normalized spacial score (nSPS) is 10.5. The van der Waals surface area contributed by atoms with E-state index in [2.05, 4.69) is 15.7 Å². The first-order valence-electron chi connectivity index (χ1n) is 8.47. The van der Waals surface area contributed by atoms with Crippen LogP contribution in [0.1, 0.15) is 17.0 Å². The Morgan fingerprint density at radius 3 is 2.56 bits per heavy atom. The van der Waals surface area contributed by atoms with Crippen molar-refractivity contribution in [1.82, 2.24) is 9.78 Å². The van der Waals surface area contributed by atoms with Crippen molar-refractivity contribution in [2.75, 3.05) is 17.7 Å². The van der Waals surface area contributed by atoms with Gasteiger partial charge in [-0.05, 0) is 68.0 Å². The molecule has 0 amide bonds. The fourth-order valence-corrected chi connectivity index (χ4v) is 3.01. The van der Waals surface area contributed by atoms with Crippen LogP contribution in [0.4, 0.5) is 15.8 Å². The lowest BCUT2D eigenvalue weighted by atomic mass is 10.2. The standard InChI is InChI=1S/C20H21FN4OS/c1-13-19(23-20(27)22-17-7-9-18(26-3)10-8-17)14(2)25(24-13)12-15-5-4-6-16(21)11-15/h4-11H,12H2,1-3H3,(H2,22,23,27). The number of thiocarbonyl (C=S) groups is 1. The predicted octanol–water partition coefficient (Wildman–Crippen LogP) is 4.50. The zero-order valence-corrected chi connectivity index (χ0v) is 16.2. The molecule has 0 saturated carbocycles. The predicted molar refractivity (Wildman–Crippen MR) is 110 cm³/mol. The van der Waals surface area contributed by atoms with Crippen LogP contribution in [-0.4, -0.2) is 22.0 Å².